The lowest BCUT2D eigenvalue weighted by Gasteiger charge is -2.26. The van der Waals surface area contributed by atoms with Crippen LogP contribution in [0.2, 0.25) is 0 Å². The third-order valence-corrected chi connectivity index (χ3v) is 2.60. The smallest absolute Gasteiger partial charge is 0.167 e. The lowest BCUT2D eigenvalue weighted by atomic mass is 9.92. The van der Waals surface area contributed by atoms with Crippen LogP contribution in [0.25, 0.3) is 0 Å². The molecule has 0 aromatic carbocycles. The second-order valence-electron chi connectivity index (χ2n) is 3.75. The van der Waals surface area contributed by atoms with Crippen LogP contribution in [0.3, 0.4) is 0 Å². The fraction of sp³-hybridized carbons (Fsp3) is 0.667. The highest BCUT2D eigenvalue weighted by Gasteiger charge is 2.18. The van der Waals surface area contributed by atoms with Crippen molar-refractivity contribution in [3.05, 3.63) is 12.5 Å². The fourth-order valence-electron chi connectivity index (χ4n) is 1.79. The van der Waals surface area contributed by atoms with Crippen LogP contribution in [0.15, 0.2) is 12.5 Å². The molecule has 14 heavy (non-hydrogen) atoms. The maximum absolute atomic E-state index is 5.82. The summed E-state index contributed by atoms with van der Waals surface area (Å²) in [6.45, 7) is 0. The Bertz CT molecular complexity index is 268. The molecule has 1 aliphatic rings. The van der Waals surface area contributed by atoms with Crippen LogP contribution in [0, 0.1) is 0 Å². The summed E-state index contributed by atoms with van der Waals surface area (Å²) >= 11 is 0. The Balaban J connectivity index is 1.87. The topological polar surface area (TPSA) is 76.7 Å². The number of anilines is 1. The Hall–Kier alpha value is -1.23. The maximum atomic E-state index is 5.82. The Labute approximate surface area is 83.1 Å². The third kappa shape index (κ3) is 2.38. The minimum atomic E-state index is 0.382. The fourth-order valence-corrected chi connectivity index (χ4v) is 1.79. The zero-order valence-corrected chi connectivity index (χ0v) is 8.06. The highest BCUT2D eigenvalue weighted by Crippen LogP contribution is 2.19. The summed E-state index contributed by atoms with van der Waals surface area (Å²) in [5, 5.41) is 11.0. The largest absolute Gasteiger partial charge is 0.365 e. The minimum Gasteiger partial charge on any atom is -0.365 e. The van der Waals surface area contributed by atoms with Crippen molar-refractivity contribution in [3.8, 4) is 0 Å². The Morgan fingerprint density at radius 1 is 1.29 bits per heavy atom. The lowest BCUT2D eigenvalue weighted by Crippen LogP contribution is -2.33. The summed E-state index contributed by atoms with van der Waals surface area (Å²) in [6, 6.07) is 0.862. The Kier molecular flexibility index (Phi) is 2.88. The zero-order chi connectivity index (χ0) is 9.80. The van der Waals surface area contributed by atoms with Gasteiger partial charge in [0.25, 0.3) is 0 Å². The first-order valence-corrected chi connectivity index (χ1v) is 4.99. The van der Waals surface area contributed by atoms with Crippen LogP contribution in [-0.2, 0) is 0 Å². The number of hydrogen-bond acceptors (Lipinski definition) is 5. The van der Waals surface area contributed by atoms with E-state index >= 15 is 0 Å². The molecule has 1 aromatic rings. The van der Waals surface area contributed by atoms with Crippen molar-refractivity contribution in [2.45, 2.75) is 37.8 Å². The van der Waals surface area contributed by atoms with Crippen LogP contribution in [0.5, 0.6) is 0 Å². The van der Waals surface area contributed by atoms with E-state index in [0.29, 0.717) is 12.1 Å². The molecule has 1 aromatic heterocycles. The molecule has 3 N–H and O–H groups in total. The number of nitrogens with zero attached hydrogens (tertiary/aromatic N) is 3. The van der Waals surface area contributed by atoms with Crippen molar-refractivity contribution in [1.82, 2.24) is 15.2 Å². The molecular weight excluding hydrogens is 178 g/mol. The number of rotatable bonds is 2. The SMILES string of the molecule is NC1CCC(Nc2cncnn2)CC1. The van der Waals surface area contributed by atoms with Crippen LogP contribution in [0.4, 0.5) is 5.82 Å². The Morgan fingerprint density at radius 2 is 2.07 bits per heavy atom. The minimum absolute atomic E-state index is 0.382. The van der Waals surface area contributed by atoms with Gasteiger partial charge >= 0.3 is 0 Å². The maximum Gasteiger partial charge on any atom is 0.167 e. The molecular formula is C9H15N5. The summed E-state index contributed by atoms with van der Waals surface area (Å²) in [4.78, 5) is 3.90. The van der Waals surface area contributed by atoms with E-state index in [-0.39, 0.29) is 0 Å². The van der Waals surface area contributed by atoms with Gasteiger partial charge in [-0.25, -0.2) is 4.98 Å². The summed E-state index contributed by atoms with van der Waals surface area (Å²) < 4.78 is 0. The van der Waals surface area contributed by atoms with Crippen molar-refractivity contribution < 1.29 is 0 Å². The van der Waals surface area contributed by atoms with Crippen LogP contribution in [-0.4, -0.2) is 27.3 Å². The molecule has 0 unspecified atom stereocenters. The highest BCUT2D eigenvalue weighted by atomic mass is 15.2. The average Bonchev–Trinajstić information content (AvgIpc) is 2.23. The molecule has 0 spiro atoms. The van der Waals surface area contributed by atoms with E-state index < -0.39 is 0 Å². The number of nitrogens with two attached hydrogens (primary N) is 1. The lowest BCUT2D eigenvalue weighted by molar-refractivity contribution is 0.410. The summed E-state index contributed by atoms with van der Waals surface area (Å²) in [6.07, 6.45) is 7.52. The van der Waals surface area contributed by atoms with Crippen LogP contribution in [0.1, 0.15) is 25.7 Å². The summed E-state index contributed by atoms with van der Waals surface area (Å²) in [7, 11) is 0. The van der Waals surface area contributed by atoms with Gasteiger partial charge in [-0.1, -0.05) is 0 Å². The van der Waals surface area contributed by atoms with Gasteiger partial charge in [0.15, 0.2) is 5.82 Å². The molecule has 0 bridgehead atoms. The van der Waals surface area contributed by atoms with Gasteiger partial charge < -0.3 is 11.1 Å². The normalized spacial score (nSPS) is 27.2. The van der Waals surface area contributed by atoms with Crippen molar-refractivity contribution in [1.29, 1.82) is 0 Å². The van der Waals surface area contributed by atoms with Gasteiger partial charge in [0.1, 0.15) is 6.33 Å². The van der Waals surface area contributed by atoms with E-state index in [1.54, 1.807) is 6.20 Å². The quantitative estimate of drug-likeness (QED) is 0.717. The summed E-state index contributed by atoms with van der Waals surface area (Å²) in [5.41, 5.74) is 5.82. The van der Waals surface area contributed by atoms with Gasteiger partial charge in [-0.3, -0.25) is 0 Å². The van der Waals surface area contributed by atoms with Gasteiger partial charge in [-0.05, 0) is 25.7 Å². The first-order chi connectivity index (χ1) is 6.84. The van der Waals surface area contributed by atoms with E-state index in [0.717, 1.165) is 31.5 Å². The molecule has 1 aliphatic carbocycles. The number of aromatic nitrogens is 3. The van der Waals surface area contributed by atoms with Crippen LogP contribution < -0.4 is 11.1 Å². The van der Waals surface area contributed by atoms with E-state index in [2.05, 4.69) is 20.5 Å². The standard InChI is InChI=1S/C9H15N5/c10-7-1-3-8(4-2-7)13-9-5-11-6-12-14-9/h5-8H,1-4,10H2,(H,13,14). The van der Waals surface area contributed by atoms with Crippen molar-refractivity contribution >= 4 is 5.82 Å². The van der Waals surface area contributed by atoms with Gasteiger partial charge in [-0.2, -0.15) is 0 Å². The van der Waals surface area contributed by atoms with Gasteiger partial charge in [0.05, 0.1) is 6.20 Å². The van der Waals surface area contributed by atoms with E-state index in [1.165, 1.54) is 6.33 Å². The molecule has 0 saturated heterocycles. The molecule has 2 rings (SSSR count). The highest BCUT2D eigenvalue weighted by molar-refractivity contribution is 5.30. The monoisotopic (exact) mass is 193 g/mol. The van der Waals surface area contributed by atoms with Crippen molar-refractivity contribution in [3.63, 3.8) is 0 Å². The zero-order valence-electron chi connectivity index (χ0n) is 8.06. The van der Waals surface area contributed by atoms with E-state index in [1.807, 2.05) is 0 Å². The molecule has 1 fully saturated rings. The second-order valence-corrected chi connectivity index (χ2v) is 3.75. The number of nitrogens with one attached hydrogen (secondary N) is 1. The predicted octanol–water partition coefficient (Wildman–Crippen LogP) is 0.553. The first-order valence-electron chi connectivity index (χ1n) is 4.99. The molecule has 76 valence electrons. The molecule has 5 heteroatoms. The average molecular weight is 193 g/mol. The molecule has 0 amide bonds. The molecule has 0 radical (unpaired) electrons. The van der Waals surface area contributed by atoms with Crippen molar-refractivity contribution in [2.75, 3.05) is 5.32 Å². The molecule has 1 heterocycles. The van der Waals surface area contributed by atoms with Gasteiger partial charge in [0, 0.05) is 12.1 Å². The molecule has 5 nitrogen and oxygen atoms in total. The van der Waals surface area contributed by atoms with Crippen molar-refractivity contribution in [2.24, 2.45) is 5.73 Å². The first kappa shape index (κ1) is 9.33. The van der Waals surface area contributed by atoms with E-state index in [9.17, 15) is 0 Å². The Morgan fingerprint density at radius 3 is 2.71 bits per heavy atom. The molecule has 0 aliphatic heterocycles. The molecule has 0 atom stereocenters. The summed E-state index contributed by atoms with van der Waals surface area (Å²) in [5.74, 6) is 0.757. The molecule has 1 saturated carbocycles. The second kappa shape index (κ2) is 4.32. The van der Waals surface area contributed by atoms with E-state index in [4.69, 9.17) is 5.73 Å². The van der Waals surface area contributed by atoms with Gasteiger partial charge in [-0.15, -0.1) is 10.2 Å². The number of hydrogen-bond donors (Lipinski definition) is 2. The predicted molar refractivity (Wildman–Crippen MR) is 53.7 cm³/mol. The van der Waals surface area contributed by atoms with Crippen LogP contribution >= 0.6 is 0 Å². The third-order valence-electron chi connectivity index (χ3n) is 2.60. The van der Waals surface area contributed by atoms with Gasteiger partial charge in [0.2, 0.25) is 0 Å².